The molecule has 0 aromatic heterocycles. The highest BCUT2D eigenvalue weighted by molar-refractivity contribution is 14.1. The molecule has 0 saturated heterocycles. The van der Waals surface area contributed by atoms with Crippen molar-refractivity contribution in [2.24, 2.45) is 0 Å². The summed E-state index contributed by atoms with van der Waals surface area (Å²) in [7, 11) is 0. The Hall–Kier alpha value is -2.51. The molecule has 0 radical (unpaired) electrons. The molecule has 0 unspecified atom stereocenters. The number of hydrogen-bond acceptors (Lipinski definition) is 3. The maximum absolute atomic E-state index is 13.2. The largest absolute Gasteiger partial charge is 0.490 e. The second kappa shape index (κ2) is 10.6. The van der Waals surface area contributed by atoms with E-state index in [0.29, 0.717) is 41.9 Å². The first-order valence-corrected chi connectivity index (χ1v) is 12.4. The topological polar surface area (TPSA) is 38.8 Å². The minimum Gasteiger partial charge on any atom is -0.490 e. The van der Waals surface area contributed by atoms with Crippen LogP contribution >= 0.6 is 34.2 Å². The highest BCUT2D eigenvalue weighted by atomic mass is 127. The van der Waals surface area contributed by atoms with Crippen molar-refractivity contribution < 1.29 is 14.3 Å². The standard InChI is InChI=1S/C27H25ClINO3/c1-3-12-30-24-11-6-5-10-21(24)22(27(30)31)14-19-15-23(29)26(25(16-19)32-4-2)33-17-18-8-7-9-20(28)13-18/h5-11,13-16H,3-4,12,17H2,1-2H3/b22-14-. The van der Waals surface area contributed by atoms with Gasteiger partial charge in [-0.1, -0.05) is 48.9 Å². The summed E-state index contributed by atoms with van der Waals surface area (Å²) in [5, 5.41) is 0.677. The summed E-state index contributed by atoms with van der Waals surface area (Å²) < 4.78 is 13.0. The quantitative estimate of drug-likeness (QED) is 0.211. The number of benzene rings is 3. The van der Waals surface area contributed by atoms with Crippen LogP contribution in [0.15, 0.2) is 60.7 Å². The minimum atomic E-state index is 0.0345. The lowest BCUT2D eigenvalue weighted by atomic mass is 10.0. The van der Waals surface area contributed by atoms with Crippen LogP contribution in [-0.2, 0) is 11.4 Å². The van der Waals surface area contributed by atoms with Gasteiger partial charge in [0.2, 0.25) is 0 Å². The monoisotopic (exact) mass is 573 g/mol. The van der Waals surface area contributed by atoms with Gasteiger partial charge in [0.15, 0.2) is 11.5 Å². The fraction of sp³-hybridized carbons (Fsp3) is 0.222. The van der Waals surface area contributed by atoms with Gasteiger partial charge in [-0.15, -0.1) is 0 Å². The smallest absolute Gasteiger partial charge is 0.258 e. The third-order valence-electron chi connectivity index (χ3n) is 5.32. The number of carbonyl (C=O) groups excluding carboxylic acids is 1. The fourth-order valence-electron chi connectivity index (χ4n) is 3.92. The number of ether oxygens (including phenoxy) is 2. The van der Waals surface area contributed by atoms with Crippen molar-refractivity contribution in [3.63, 3.8) is 0 Å². The molecule has 0 spiro atoms. The molecule has 0 atom stereocenters. The summed E-state index contributed by atoms with van der Waals surface area (Å²) in [5.74, 6) is 1.38. The van der Waals surface area contributed by atoms with Crippen LogP contribution in [0.2, 0.25) is 5.02 Å². The maximum Gasteiger partial charge on any atom is 0.258 e. The fourth-order valence-corrected chi connectivity index (χ4v) is 4.91. The number of rotatable bonds is 8. The van der Waals surface area contributed by atoms with Crippen LogP contribution in [-0.4, -0.2) is 19.1 Å². The molecule has 6 heteroatoms. The average Bonchev–Trinajstić information content (AvgIpc) is 3.05. The first-order chi connectivity index (χ1) is 16.0. The Balaban J connectivity index is 1.68. The van der Waals surface area contributed by atoms with E-state index in [9.17, 15) is 4.79 Å². The lowest BCUT2D eigenvalue weighted by Gasteiger charge is -2.16. The van der Waals surface area contributed by atoms with E-state index in [2.05, 4.69) is 29.5 Å². The van der Waals surface area contributed by atoms with Crippen LogP contribution in [0.5, 0.6) is 11.5 Å². The Labute approximate surface area is 213 Å². The number of halogens is 2. The lowest BCUT2D eigenvalue weighted by molar-refractivity contribution is -0.113. The van der Waals surface area contributed by atoms with Crippen LogP contribution in [0.25, 0.3) is 11.6 Å². The molecule has 1 amide bonds. The van der Waals surface area contributed by atoms with Crippen LogP contribution in [0, 0.1) is 3.57 Å². The molecule has 1 aliphatic rings. The molecular weight excluding hydrogens is 549 g/mol. The molecule has 0 N–H and O–H groups in total. The zero-order chi connectivity index (χ0) is 23.4. The summed E-state index contributed by atoms with van der Waals surface area (Å²) in [6.07, 6.45) is 2.85. The first kappa shape index (κ1) is 23.6. The molecule has 170 valence electrons. The molecule has 4 nitrogen and oxygen atoms in total. The van der Waals surface area contributed by atoms with E-state index in [1.807, 2.05) is 78.6 Å². The molecule has 4 rings (SSSR count). The number of nitrogens with zero attached hydrogens (tertiary/aromatic N) is 1. The zero-order valence-electron chi connectivity index (χ0n) is 18.6. The molecule has 1 heterocycles. The van der Waals surface area contributed by atoms with Gasteiger partial charge in [0.25, 0.3) is 5.91 Å². The van der Waals surface area contributed by atoms with E-state index >= 15 is 0 Å². The number of anilines is 1. The Morgan fingerprint density at radius 3 is 2.61 bits per heavy atom. The zero-order valence-corrected chi connectivity index (χ0v) is 21.5. The predicted molar refractivity (Wildman–Crippen MR) is 143 cm³/mol. The SMILES string of the molecule is CCCN1C(=O)/C(=C\c2cc(I)c(OCc3cccc(Cl)c3)c(OCC)c2)c2ccccc21. The minimum absolute atomic E-state index is 0.0345. The van der Waals surface area contributed by atoms with E-state index in [-0.39, 0.29) is 5.91 Å². The maximum atomic E-state index is 13.2. The number of hydrogen-bond donors (Lipinski definition) is 0. The molecule has 0 fully saturated rings. The van der Waals surface area contributed by atoms with Crippen LogP contribution in [0.3, 0.4) is 0 Å². The normalized spacial score (nSPS) is 14.0. The van der Waals surface area contributed by atoms with Gasteiger partial charge in [-0.05, 0) is 83.5 Å². The van der Waals surface area contributed by atoms with Gasteiger partial charge in [0.05, 0.1) is 15.9 Å². The molecule has 3 aromatic rings. The van der Waals surface area contributed by atoms with Gasteiger partial charge in [-0.2, -0.15) is 0 Å². The highest BCUT2D eigenvalue weighted by Gasteiger charge is 2.31. The van der Waals surface area contributed by atoms with Crippen molar-refractivity contribution in [3.05, 3.63) is 85.9 Å². The van der Waals surface area contributed by atoms with Crippen molar-refractivity contribution >= 4 is 57.4 Å². The third-order valence-corrected chi connectivity index (χ3v) is 6.36. The number of amides is 1. The Morgan fingerprint density at radius 2 is 1.85 bits per heavy atom. The molecular formula is C27H25ClINO3. The van der Waals surface area contributed by atoms with Crippen molar-refractivity contribution in [1.82, 2.24) is 0 Å². The van der Waals surface area contributed by atoms with E-state index < -0.39 is 0 Å². The van der Waals surface area contributed by atoms with Gasteiger partial charge >= 0.3 is 0 Å². The number of fused-ring (bicyclic) bond motifs is 1. The highest BCUT2D eigenvalue weighted by Crippen LogP contribution is 2.40. The summed E-state index contributed by atoms with van der Waals surface area (Å²) in [6, 6.07) is 19.5. The molecule has 0 aliphatic carbocycles. The van der Waals surface area contributed by atoms with E-state index in [4.69, 9.17) is 21.1 Å². The lowest BCUT2D eigenvalue weighted by Crippen LogP contribution is -2.26. The average molecular weight is 574 g/mol. The van der Waals surface area contributed by atoms with Gasteiger partial charge < -0.3 is 14.4 Å². The molecule has 3 aromatic carbocycles. The van der Waals surface area contributed by atoms with E-state index in [1.165, 1.54) is 0 Å². The van der Waals surface area contributed by atoms with Crippen molar-refractivity contribution in [1.29, 1.82) is 0 Å². The Bertz CT molecular complexity index is 1210. The second-order valence-corrected chi connectivity index (χ2v) is 9.31. The predicted octanol–water partition coefficient (Wildman–Crippen LogP) is 7.22. The van der Waals surface area contributed by atoms with Gasteiger partial charge in [-0.3, -0.25) is 4.79 Å². The van der Waals surface area contributed by atoms with Gasteiger partial charge in [0, 0.05) is 22.7 Å². The third kappa shape index (κ3) is 5.20. The summed E-state index contributed by atoms with van der Waals surface area (Å²) in [6.45, 7) is 5.62. The first-order valence-electron chi connectivity index (χ1n) is 11.0. The van der Waals surface area contributed by atoms with Gasteiger partial charge in [-0.25, -0.2) is 0 Å². The summed E-state index contributed by atoms with van der Waals surface area (Å²) >= 11 is 8.35. The van der Waals surface area contributed by atoms with Crippen molar-refractivity contribution in [2.75, 3.05) is 18.1 Å². The Morgan fingerprint density at radius 1 is 1.03 bits per heavy atom. The second-order valence-electron chi connectivity index (χ2n) is 7.71. The van der Waals surface area contributed by atoms with Crippen molar-refractivity contribution in [2.45, 2.75) is 26.9 Å². The Kier molecular flexibility index (Phi) is 7.60. The molecule has 33 heavy (non-hydrogen) atoms. The van der Waals surface area contributed by atoms with E-state index in [1.54, 1.807) is 0 Å². The number of para-hydroxylation sites is 1. The number of carbonyl (C=O) groups is 1. The van der Waals surface area contributed by atoms with E-state index in [0.717, 1.165) is 32.4 Å². The van der Waals surface area contributed by atoms with Crippen LogP contribution in [0.4, 0.5) is 5.69 Å². The van der Waals surface area contributed by atoms with Crippen LogP contribution < -0.4 is 14.4 Å². The van der Waals surface area contributed by atoms with Gasteiger partial charge in [0.1, 0.15) is 6.61 Å². The molecule has 0 saturated carbocycles. The molecule has 1 aliphatic heterocycles. The molecule has 0 bridgehead atoms. The van der Waals surface area contributed by atoms with Crippen LogP contribution in [0.1, 0.15) is 37.0 Å². The summed E-state index contributed by atoms with van der Waals surface area (Å²) in [5.41, 5.74) is 4.51. The summed E-state index contributed by atoms with van der Waals surface area (Å²) in [4.78, 5) is 15.1. The van der Waals surface area contributed by atoms with Crippen molar-refractivity contribution in [3.8, 4) is 11.5 Å².